The number of carbonyl (C=O) groups excluding carboxylic acids is 1. The van der Waals surface area contributed by atoms with Crippen LogP contribution in [0.2, 0.25) is 0 Å². The molecule has 6 rings (SSSR count). The number of halogens is 2. The van der Waals surface area contributed by atoms with Crippen LogP contribution in [0.3, 0.4) is 0 Å². The van der Waals surface area contributed by atoms with Crippen molar-refractivity contribution >= 4 is 11.7 Å². The molecule has 0 saturated carbocycles. The predicted octanol–water partition coefficient (Wildman–Crippen LogP) is 5.44. The topological polar surface area (TPSA) is 76.4 Å². The molecule has 4 aromatic carbocycles. The lowest BCUT2D eigenvalue weighted by Gasteiger charge is -2.34. The van der Waals surface area contributed by atoms with Crippen LogP contribution >= 0.6 is 0 Å². The van der Waals surface area contributed by atoms with Crippen molar-refractivity contribution in [3.8, 4) is 5.75 Å². The fourth-order valence-corrected chi connectivity index (χ4v) is 6.22. The van der Waals surface area contributed by atoms with Gasteiger partial charge >= 0.3 is 0 Å². The normalized spacial score (nSPS) is 18.1. The first-order valence-corrected chi connectivity index (χ1v) is 14.5. The van der Waals surface area contributed by atoms with Crippen molar-refractivity contribution in [2.45, 2.75) is 30.4 Å². The molecular formula is C35H33F2N3O3. The summed E-state index contributed by atoms with van der Waals surface area (Å²) < 4.78 is 27.9. The number of phenols is 1. The summed E-state index contributed by atoms with van der Waals surface area (Å²) in [5, 5.41) is 20.9. The maximum Gasteiger partial charge on any atom is 0.265 e. The van der Waals surface area contributed by atoms with Crippen molar-refractivity contribution in [2.24, 2.45) is 4.99 Å². The van der Waals surface area contributed by atoms with Gasteiger partial charge in [-0.2, -0.15) is 0 Å². The van der Waals surface area contributed by atoms with Crippen LogP contribution in [-0.2, 0) is 10.3 Å². The second-order valence-electron chi connectivity index (χ2n) is 11.3. The van der Waals surface area contributed by atoms with Gasteiger partial charge in [0.25, 0.3) is 5.91 Å². The van der Waals surface area contributed by atoms with Gasteiger partial charge in [0.05, 0.1) is 12.6 Å². The molecule has 0 aliphatic carbocycles. The molecule has 8 heteroatoms. The Bertz CT molecular complexity index is 1540. The molecule has 2 N–H and O–H groups in total. The maximum atomic E-state index is 14.5. The first-order valence-electron chi connectivity index (χ1n) is 14.5. The lowest BCUT2D eigenvalue weighted by atomic mass is 9.82. The van der Waals surface area contributed by atoms with Crippen LogP contribution < -0.4 is 0 Å². The summed E-state index contributed by atoms with van der Waals surface area (Å²) in [6.07, 6.45) is 0.991. The van der Waals surface area contributed by atoms with Crippen molar-refractivity contribution in [3.05, 3.63) is 137 Å². The molecule has 2 aliphatic rings. The highest BCUT2D eigenvalue weighted by atomic mass is 19.1. The summed E-state index contributed by atoms with van der Waals surface area (Å²) in [4.78, 5) is 23.2. The highest BCUT2D eigenvalue weighted by molar-refractivity contribution is 6.16. The Kier molecular flexibility index (Phi) is 8.06. The maximum absolute atomic E-state index is 14.5. The van der Waals surface area contributed by atoms with Crippen LogP contribution in [0.15, 0.2) is 108 Å². The Labute approximate surface area is 249 Å². The molecule has 220 valence electrons. The molecule has 1 saturated heterocycles. The zero-order valence-electron chi connectivity index (χ0n) is 23.6. The van der Waals surface area contributed by atoms with E-state index in [0.29, 0.717) is 35.0 Å². The Balaban J connectivity index is 1.27. The van der Waals surface area contributed by atoms with Crippen molar-refractivity contribution in [2.75, 3.05) is 26.2 Å². The van der Waals surface area contributed by atoms with Crippen LogP contribution in [0.4, 0.5) is 8.78 Å². The van der Waals surface area contributed by atoms with Crippen molar-refractivity contribution in [3.63, 3.8) is 0 Å². The van der Waals surface area contributed by atoms with Gasteiger partial charge in [-0.1, -0.05) is 66.7 Å². The minimum absolute atomic E-state index is 0.00852. The number of carbonyl (C=O) groups is 1. The van der Waals surface area contributed by atoms with Crippen LogP contribution in [0.5, 0.6) is 5.75 Å². The number of amidine groups is 1. The van der Waals surface area contributed by atoms with Gasteiger partial charge in [0.1, 0.15) is 23.2 Å². The monoisotopic (exact) mass is 581 g/mol. The number of phenolic OH excluding ortho intramolecular Hbond substituents is 1. The Morgan fingerprint density at radius 3 is 1.91 bits per heavy atom. The van der Waals surface area contributed by atoms with E-state index in [4.69, 9.17) is 4.99 Å². The number of rotatable bonds is 8. The van der Waals surface area contributed by atoms with E-state index in [1.165, 1.54) is 59.0 Å². The van der Waals surface area contributed by atoms with Crippen LogP contribution in [0.25, 0.3) is 0 Å². The van der Waals surface area contributed by atoms with E-state index in [1.807, 2.05) is 42.5 Å². The quantitative estimate of drug-likeness (QED) is 0.291. The van der Waals surface area contributed by atoms with E-state index in [0.717, 1.165) is 25.9 Å². The summed E-state index contributed by atoms with van der Waals surface area (Å²) in [5.74, 6) is -0.256. The van der Waals surface area contributed by atoms with E-state index in [2.05, 4.69) is 4.90 Å². The second kappa shape index (κ2) is 12.1. The number of amides is 1. The summed E-state index contributed by atoms with van der Waals surface area (Å²) in [6, 6.07) is 27.9. The van der Waals surface area contributed by atoms with Crippen LogP contribution in [0.1, 0.15) is 41.0 Å². The van der Waals surface area contributed by atoms with Gasteiger partial charge in [-0.25, -0.2) is 13.8 Å². The molecule has 1 fully saturated rings. The molecule has 1 atom stereocenters. The Morgan fingerprint density at radius 1 is 0.791 bits per heavy atom. The SMILES string of the molecule is O=C1N(CC(O)CN2CCC(c3ccc(O)cc3)CC2)C(c2ccccc2)=NC1(c1ccc(F)cc1)c1ccc(F)cc1. The van der Waals surface area contributed by atoms with Gasteiger partial charge < -0.3 is 15.1 Å². The van der Waals surface area contributed by atoms with Crippen molar-refractivity contribution < 1.29 is 23.8 Å². The average Bonchev–Trinajstić information content (AvgIpc) is 3.31. The molecule has 0 radical (unpaired) electrons. The standard InChI is InChI=1S/C35H33F2N3O3/c36-29-12-8-27(9-13-29)35(28-10-14-30(37)15-11-28)34(43)40(33(38-35)26-4-2-1-3-5-26)23-32(42)22-39-20-18-25(19-21-39)24-6-16-31(41)17-7-24/h1-17,25,32,41-42H,18-23H2. The summed E-state index contributed by atoms with van der Waals surface area (Å²) in [5.41, 5.74) is 1.22. The second-order valence-corrected chi connectivity index (χ2v) is 11.3. The van der Waals surface area contributed by atoms with E-state index in [-0.39, 0.29) is 12.3 Å². The Morgan fingerprint density at radius 2 is 1.35 bits per heavy atom. The molecule has 2 heterocycles. The number of likely N-dealkylation sites (tertiary alicyclic amines) is 1. The van der Waals surface area contributed by atoms with Gasteiger partial charge in [0.2, 0.25) is 0 Å². The van der Waals surface area contributed by atoms with E-state index >= 15 is 0 Å². The largest absolute Gasteiger partial charge is 0.508 e. The number of β-amino-alcohol motifs (C(OH)–C–C–N with tert-alkyl or cyclic N) is 1. The van der Waals surface area contributed by atoms with Gasteiger partial charge in [-0.05, 0) is 84.9 Å². The summed E-state index contributed by atoms with van der Waals surface area (Å²) >= 11 is 0. The number of aliphatic hydroxyl groups excluding tert-OH is 1. The number of benzene rings is 4. The third kappa shape index (κ3) is 5.81. The average molecular weight is 582 g/mol. The first-order chi connectivity index (χ1) is 20.8. The molecule has 1 amide bonds. The number of aliphatic imine (C=N–C) groups is 1. The van der Waals surface area contributed by atoms with Gasteiger partial charge in [-0.3, -0.25) is 9.69 Å². The van der Waals surface area contributed by atoms with E-state index < -0.39 is 29.2 Å². The van der Waals surface area contributed by atoms with Gasteiger partial charge in [-0.15, -0.1) is 0 Å². The number of aliphatic hydroxyl groups is 1. The van der Waals surface area contributed by atoms with E-state index in [9.17, 15) is 23.8 Å². The van der Waals surface area contributed by atoms with Gasteiger partial charge in [0, 0.05) is 12.1 Å². The van der Waals surface area contributed by atoms with E-state index in [1.54, 1.807) is 12.1 Å². The molecule has 1 unspecified atom stereocenters. The molecule has 6 nitrogen and oxygen atoms in total. The number of aromatic hydroxyl groups is 1. The minimum Gasteiger partial charge on any atom is -0.508 e. The summed E-state index contributed by atoms with van der Waals surface area (Å²) in [7, 11) is 0. The fourth-order valence-electron chi connectivity index (χ4n) is 6.22. The highest BCUT2D eigenvalue weighted by Crippen LogP contribution is 2.41. The number of hydrogen-bond acceptors (Lipinski definition) is 5. The molecule has 43 heavy (non-hydrogen) atoms. The van der Waals surface area contributed by atoms with Crippen molar-refractivity contribution in [1.29, 1.82) is 0 Å². The lowest BCUT2D eigenvalue weighted by Crippen LogP contribution is -2.48. The molecule has 0 spiro atoms. The molecule has 0 aromatic heterocycles. The number of hydrogen-bond donors (Lipinski definition) is 2. The first kappa shape index (κ1) is 28.7. The minimum atomic E-state index is -1.57. The smallest absolute Gasteiger partial charge is 0.265 e. The molecule has 4 aromatic rings. The molecule has 0 bridgehead atoms. The third-order valence-corrected chi connectivity index (χ3v) is 8.45. The number of piperidine rings is 1. The third-order valence-electron chi connectivity index (χ3n) is 8.45. The highest BCUT2D eigenvalue weighted by Gasteiger charge is 2.51. The summed E-state index contributed by atoms with van der Waals surface area (Å²) in [6.45, 7) is 1.99. The predicted molar refractivity (Wildman–Crippen MR) is 161 cm³/mol. The zero-order chi connectivity index (χ0) is 30.0. The number of nitrogens with zero attached hydrogens (tertiary/aromatic N) is 3. The van der Waals surface area contributed by atoms with Crippen LogP contribution in [-0.4, -0.2) is 64.0 Å². The molecule has 2 aliphatic heterocycles. The van der Waals surface area contributed by atoms with Crippen molar-refractivity contribution in [1.82, 2.24) is 9.80 Å². The van der Waals surface area contributed by atoms with Crippen LogP contribution in [0, 0.1) is 11.6 Å². The molecular weight excluding hydrogens is 548 g/mol. The lowest BCUT2D eigenvalue weighted by molar-refractivity contribution is -0.131. The zero-order valence-corrected chi connectivity index (χ0v) is 23.6. The Hall–Kier alpha value is -4.40. The fraction of sp³-hybridized carbons (Fsp3) is 0.257. The van der Waals surface area contributed by atoms with Gasteiger partial charge in [0.15, 0.2) is 5.54 Å².